The molecular weight excluding hydrogens is 402 g/mol. The van der Waals surface area contributed by atoms with Crippen LogP contribution in [0.4, 0.5) is 10.5 Å². The summed E-state index contributed by atoms with van der Waals surface area (Å²) in [5.41, 5.74) is 11.3. The maximum Gasteiger partial charge on any atom is 0.354 e. The number of benzene rings is 1. The van der Waals surface area contributed by atoms with E-state index in [1.807, 2.05) is 13.8 Å². The number of hydrogen-bond acceptors (Lipinski definition) is 5. The molecule has 0 aromatic heterocycles. The number of urea groups is 1. The average Bonchev–Trinajstić information content (AvgIpc) is 3.32. The summed E-state index contributed by atoms with van der Waals surface area (Å²) in [4.78, 5) is 17.0. The van der Waals surface area contributed by atoms with Gasteiger partial charge in [-0.1, -0.05) is 19.9 Å². The third-order valence-corrected chi connectivity index (χ3v) is 7.23. The van der Waals surface area contributed by atoms with Crippen LogP contribution in [-0.4, -0.2) is 29.3 Å². The van der Waals surface area contributed by atoms with Gasteiger partial charge < -0.3 is 15.8 Å². The van der Waals surface area contributed by atoms with E-state index in [0.717, 1.165) is 50.4 Å². The van der Waals surface area contributed by atoms with E-state index in [1.165, 1.54) is 22.3 Å². The number of carbonyl (C=O) groups is 1. The van der Waals surface area contributed by atoms with E-state index in [9.17, 15) is 9.00 Å². The summed E-state index contributed by atoms with van der Waals surface area (Å²) in [6, 6.07) is 1.53. The molecule has 2 aliphatic carbocycles. The van der Waals surface area contributed by atoms with Crippen molar-refractivity contribution < 1.29 is 13.7 Å². The number of nitrogens with one attached hydrogen (secondary N) is 1. The van der Waals surface area contributed by atoms with Gasteiger partial charge in [-0.25, -0.2) is 19.1 Å². The molecule has 8 nitrogen and oxygen atoms in total. The highest BCUT2D eigenvalue weighted by Gasteiger charge is 2.30. The lowest BCUT2D eigenvalue weighted by molar-refractivity contribution is 0.158. The molecule has 3 aliphatic rings. The van der Waals surface area contributed by atoms with Gasteiger partial charge in [0.2, 0.25) is 5.90 Å². The van der Waals surface area contributed by atoms with Gasteiger partial charge in [-0.3, -0.25) is 0 Å². The quantitative estimate of drug-likeness (QED) is 0.679. The molecule has 5 N–H and O–H groups in total. The molecule has 0 radical (unpaired) electrons. The second kappa shape index (κ2) is 7.70. The second-order valence-electron chi connectivity index (χ2n) is 8.93. The minimum Gasteiger partial charge on any atom is -0.476 e. The van der Waals surface area contributed by atoms with Crippen LogP contribution < -0.4 is 16.2 Å². The van der Waals surface area contributed by atoms with Crippen molar-refractivity contribution in [2.45, 2.75) is 52.4 Å². The van der Waals surface area contributed by atoms with Crippen molar-refractivity contribution in [2.24, 2.45) is 25.6 Å². The predicted octanol–water partition coefficient (Wildman–Crippen LogP) is 2.79. The standard InChI is InChI=1S/C21H29N5O3S/c1-21(2)11-24-19(29-12-21)17(10-22)30(23,28)26-20(27)25-18-15-7-3-5-13(15)9-14-6-4-8-16(14)18/h9-10H,3-8,11-12,22H2,1-2H3,(H3,23,25,26,27,28). The molecule has 4 rings (SSSR count). The highest BCUT2D eigenvalue weighted by Crippen LogP contribution is 2.38. The average molecular weight is 432 g/mol. The zero-order valence-corrected chi connectivity index (χ0v) is 18.3. The number of nitrogens with two attached hydrogens (primary N) is 2. The third-order valence-electron chi connectivity index (χ3n) is 5.85. The number of hydrogen-bond donors (Lipinski definition) is 3. The first-order valence-corrected chi connectivity index (χ1v) is 11.9. The molecule has 0 saturated carbocycles. The Morgan fingerprint density at radius 3 is 2.40 bits per heavy atom. The Bertz CT molecular complexity index is 1050. The van der Waals surface area contributed by atoms with Crippen molar-refractivity contribution in [3.63, 3.8) is 0 Å². The molecule has 0 bridgehead atoms. The van der Waals surface area contributed by atoms with Gasteiger partial charge in [0, 0.05) is 17.3 Å². The maximum atomic E-state index is 13.1. The SMILES string of the molecule is CC1(C)CN=C(C(=CN)S(N)(=O)=NC(=O)Nc2c3c(cc4c2CCC4)CCC3)OC1. The number of fused-ring (bicyclic) bond motifs is 2. The van der Waals surface area contributed by atoms with Crippen LogP contribution in [-0.2, 0) is 40.3 Å². The van der Waals surface area contributed by atoms with Gasteiger partial charge >= 0.3 is 6.03 Å². The van der Waals surface area contributed by atoms with E-state index in [1.54, 1.807) is 0 Å². The summed E-state index contributed by atoms with van der Waals surface area (Å²) in [6.45, 7) is 4.87. The monoisotopic (exact) mass is 431 g/mol. The minimum absolute atomic E-state index is 0.0586. The fourth-order valence-corrected chi connectivity index (χ4v) is 5.31. The predicted molar refractivity (Wildman–Crippen MR) is 119 cm³/mol. The van der Waals surface area contributed by atoms with Crippen LogP contribution >= 0.6 is 0 Å². The summed E-state index contributed by atoms with van der Waals surface area (Å²) in [5, 5.41) is 8.82. The van der Waals surface area contributed by atoms with Gasteiger partial charge in [0.05, 0.1) is 13.2 Å². The molecule has 1 aliphatic heterocycles. The van der Waals surface area contributed by atoms with Crippen molar-refractivity contribution in [3.8, 4) is 0 Å². The number of carbonyl (C=O) groups excluding carboxylic acids is 1. The first-order valence-electron chi connectivity index (χ1n) is 10.3. The van der Waals surface area contributed by atoms with Crippen LogP contribution in [0.3, 0.4) is 0 Å². The van der Waals surface area contributed by atoms with Gasteiger partial charge in [-0.15, -0.1) is 4.36 Å². The number of amides is 2. The molecule has 0 fully saturated rings. The fourth-order valence-electron chi connectivity index (χ4n) is 4.35. The molecular formula is C21H29N5O3S. The van der Waals surface area contributed by atoms with E-state index in [2.05, 4.69) is 20.7 Å². The number of anilines is 1. The summed E-state index contributed by atoms with van der Waals surface area (Å²) in [6.07, 6.45) is 7.08. The van der Waals surface area contributed by atoms with Gasteiger partial charge in [0.15, 0.2) is 9.92 Å². The number of rotatable bonds is 3. The zero-order valence-electron chi connectivity index (χ0n) is 17.5. The van der Waals surface area contributed by atoms with E-state index in [0.29, 0.717) is 13.2 Å². The maximum absolute atomic E-state index is 13.1. The van der Waals surface area contributed by atoms with Crippen LogP contribution in [0, 0.1) is 5.41 Å². The molecule has 1 aromatic rings. The van der Waals surface area contributed by atoms with E-state index in [4.69, 9.17) is 15.6 Å². The lowest BCUT2D eigenvalue weighted by Gasteiger charge is -2.28. The first kappa shape index (κ1) is 20.9. The summed E-state index contributed by atoms with van der Waals surface area (Å²) in [7, 11) is -3.61. The molecule has 2 amide bonds. The Balaban J connectivity index is 1.62. The van der Waals surface area contributed by atoms with Crippen LogP contribution in [0.1, 0.15) is 48.9 Å². The Morgan fingerprint density at radius 2 is 1.87 bits per heavy atom. The number of ether oxygens (including phenoxy) is 1. The van der Waals surface area contributed by atoms with E-state index < -0.39 is 15.9 Å². The highest BCUT2D eigenvalue weighted by molar-refractivity contribution is 7.96. The van der Waals surface area contributed by atoms with Crippen molar-refractivity contribution in [1.29, 1.82) is 0 Å². The molecule has 162 valence electrons. The summed E-state index contributed by atoms with van der Waals surface area (Å²) < 4.78 is 22.5. The molecule has 1 aromatic carbocycles. The normalized spacial score (nSPS) is 21.7. The van der Waals surface area contributed by atoms with Gasteiger partial charge in [0.25, 0.3) is 0 Å². The van der Waals surface area contributed by atoms with Gasteiger partial charge in [-0.2, -0.15) is 0 Å². The Kier molecular flexibility index (Phi) is 5.36. The van der Waals surface area contributed by atoms with Crippen molar-refractivity contribution in [2.75, 3.05) is 18.5 Å². The number of aryl methyl sites for hydroxylation is 2. The molecule has 9 heteroatoms. The fraction of sp³-hybridized carbons (Fsp3) is 0.524. The zero-order chi connectivity index (χ0) is 21.5. The molecule has 0 spiro atoms. The van der Waals surface area contributed by atoms with Crippen molar-refractivity contribution >= 4 is 27.5 Å². The largest absolute Gasteiger partial charge is 0.476 e. The summed E-state index contributed by atoms with van der Waals surface area (Å²) >= 11 is 0. The number of aliphatic imine (C=N–C) groups is 1. The molecule has 1 heterocycles. The van der Waals surface area contributed by atoms with E-state index in [-0.39, 0.29) is 16.2 Å². The van der Waals surface area contributed by atoms with E-state index >= 15 is 0 Å². The molecule has 0 saturated heterocycles. The van der Waals surface area contributed by atoms with Crippen molar-refractivity contribution in [1.82, 2.24) is 0 Å². The lowest BCUT2D eigenvalue weighted by Crippen LogP contribution is -2.34. The third kappa shape index (κ3) is 3.96. The number of nitrogens with zero attached hydrogens (tertiary/aromatic N) is 2. The Hall–Kier alpha value is -2.39. The van der Waals surface area contributed by atoms with Crippen LogP contribution in [0.5, 0.6) is 0 Å². The molecule has 1 atom stereocenters. The second-order valence-corrected chi connectivity index (χ2v) is 10.7. The van der Waals surface area contributed by atoms with Crippen LogP contribution in [0.25, 0.3) is 0 Å². The minimum atomic E-state index is -3.61. The van der Waals surface area contributed by atoms with Gasteiger partial charge in [-0.05, 0) is 60.8 Å². The van der Waals surface area contributed by atoms with Crippen LogP contribution in [0.2, 0.25) is 0 Å². The topological polar surface area (TPSA) is 132 Å². The summed E-state index contributed by atoms with van der Waals surface area (Å²) in [5.74, 6) is 0.0855. The Morgan fingerprint density at radius 1 is 1.23 bits per heavy atom. The smallest absolute Gasteiger partial charge is 0.354 e. The highest BCUT2D eigenvalue weighted by atomic mass is 32.2. The molecule has 1 unspecified atom stereocenters. The Labute approximate surface area is 177 Å². The lowest BCUT2D eigenvalue weighted by atomic mass is 9.94. The molecule has 30 heavy (non-hydrogen) atoms. The van der Waals surface area contributed by atoms with Gasteiger partial charge in [0.1, 0.15) is 4.91 Å². The first-order chi connectivity index (χ1) is 14.2. The van der Waals surface area contributed by atoms with Crippen molar-refractivity contribution in [3.05, 3.63) is 39.4 Å². The van der Waals surface area contributed by atoms with Crippen LogP contribution in [0.15, 0.2) is 26.5 Å².